The molecule has 0 saturated heterocycles. The zero-order chi connectivity index (χ0) is 15.5. The van der Waals surface area contributed by atoms with Gasteiger partial charge in [0, 0.05) is 0 Å². The molecule has 19 heavy (non-hydrogen) atoms. The van der Waals surface area contributed by atoms with Crippen LogP contribution in [-0.4, -0.2) is 48.8 Å². The lowest BCUT2D eigenvalue weighted by molar-refractivity contribution is -0.116. The molecule has 0 fully saturated rings. The second-order valence-corrected chi connectivity index (χ2v) is 5.34. The van der Waals surface area contributed by atoms with E-state index in [1.54, 1.807) is 0 Å². The predicted molar refractivity (Wildman–Crippen MR) is 77.4 cm³/mol. The molecule has 0 radical (unpaired) electrons. The standard InChI is InChI=1S/C6H11NO4S.C6H15N/c1-3-5(8)7-6(4-2)12(9,10)11;1-4-7(5-2)6-3/h3,6H,1,4H2,2H3,(H,7,8)(H,9,10,11);4-6H2,1-3H3. The molecule has 0 spiro atoms. The van der Waals surface area contributed by atoms with Crippen molar-refractivity contribution in [3.8, 4) is 0 Å². The molecule has 0 aliphatic carbocycles. The highest BCUT2D eigenvalue weighted by atomic mass is 32.2. The molecule has 0 saturated carbocycles. The maximum atomic E-state index is 10.6. The number of nitrogens with one attached hydrogen (secondary N) is 1. The van der Waals surface area contributed by atoms with Crippen molar-refractivity contribution in [1.82, 2.24) is 10.2 Å². The summed E-state index contributed by atoms with van der Waals surface area (Å²) in [7, 11) is -4.20. The van der Waals surface area contributed by atoms with Gasteiger partial charge in [-0.25, -0.2) is 0 Å². The minimum Gasteiger partial charge on any atom is -0.334 e. The van der Waals surface area contributed by atoms with E-state index < -0.39 is 21.4 Å². The molecule has 0 rings (SSSR count). The van der Waals surface area contributed by atoms with Gasteiger partial charge in [-0.3, -0.25) is 9.35 Å². The fraction of sp³-hybridized carbons (Fsp3) is 0.750. The first kappa shape index (κ1) is 20.4. The van der Waals surface area contributed by atoms with Gasteiger partial charge < -0.3 is 10.2 Å². The normalized spacial score (nSPS) is 12.3. The number of amides is 1. The SMILES string of the molecule is C=CC(=O)NC(CC)S(=O)(=O)O.CCN(CC)CC. The second-order valence-electron chi connectivity index (χ2n) is 3.74. The third-order valence-electron chi connectivity index (χ3n) is 2.56. The topological polar surface area (TPSA) is 86.7 Å². The average Bonchev–Trinajstić information content (AvgIpc) is 2.37. The molecule has 2 N–H and O–H groups in total. The lowest BCUT2D eigenvalue weighted by Crippen LogP contribution is -2.39. The molecular weight excluding hydrogens is 268 g/mol. The lowest BCUT2D eigenvalue weighted by atomic mass is 10.4. The van der Waals surface area contributed by atoms with Crippen LogP contribution in [0.4, 0.5) is 0 Å². The van der Waals surface area contributed by atoms with Crippen molar-refractivity contribution < 1.29 is 17.8 Å². The van der Waals surface area contributed by atoms with Crippen molar-refractivity contribution in [2.24, 2.45) is 0 Å². The summed E-state index contributed by atoms with van der Waals surface area (Å²) in [4.78, 5) is 13.0. The van der Waals surface area contributed by atoms with Crippen LogP contribution in [0.15, 0.2) is 12.7 Å². The van der Waals surface area contributed by atoms with Crippen molar-refractivity contribution in [2.75, 3.05) is 19.6 Å². The van der Waals surface area contributed by atoms with Gasteiger partial charge in [0.05, 0.1) is 0 Å². The van der Waals surface area contributed by atoms with Gasteiger partial charge in [0.1, 0.15) is 0 Å². The van der Waals surface area contributed by atoms with Crippen LogP contribution in [0.5, 0.6) is 0 Å². The van der Waals surface area contributed by atoms with Crippen molar-refractivity contribution in [3.05, 3.63) is 12.7 Å². The summed E-state index contributed by atoms with van der Waals surface area (Å²) in [5.74, 6) is -0.625. The first-order chi connectivity index (χ1) is 8.76. The van der Waals surface area contributed by atoms with Crippen LogP contribution in [0.2, 0.25) is 0 Å². The zero-order valence-corrected chi connectivity index (χ0v) is 13.0. The highest BCUT2D eigenvalue weighted by Crippen LogP contribution is 1.99. The van der Waals surface area contributed by atoms with E-state index in [0.29, 0.717) is 0 Å². The molecule has 1 amide bonds. The monoisotopic (exact) mass is 294 g/mol. The van der Waals surface area contributed by atoms with E-state index >= 15 is 0 Å². The Morgan fingerprint density at radius 3 is 1.84 bits per heavy atom. The lowest BCUT2D eigenvalue weighted by Gasteiger charge is -2.13. The molecule has 0 aromatic rings. The van der Waals surface area contributed by atoms with Crippen LogP contribution in [0.3, 0.4) is 0 Å². The Labute approximate surface area is 116 Å². The van der Waals surface area contributed by atoms with Crippen molar-refractivity contribution in [2.45, 2.75) is 39.5 Å². The van der Waals surface area contributed by atoms with E-state index in [0.717, 1.165) is 6.08 Å². The summed E-state index contributed by atoms with van der Waals surface area (Å²) < 4.78 is 29.6. The summed E-state index contributed by atoms with van der Waals surface area (Å²) in [6, 6.07) is 0. The van der Waals surface area contributed by atoms with E-state index in [2.05, 4.69) is 37.6 Å². The summed E-state index contributed by atoms with van der Waals surface area (Å²) in [6.45, 7) is 14.8. The van der Waals surface area contributed by atoms with Gasteiger partial charge in [0.15, 0.2) is 5.37 Å². The first-order valence-electron chi connectivity index (χ1n) is 6.38. The number of carbonyl (C=O) groups excluding carboxylic acids is 1. The van der Waals surface area contributed by atoms with Crippen LogP contribution in [-0.2, 0) is 14.9 Å². The highest BCUT2D eigenvalue weighted by molar-refractivity contribution is 7.86. The average molecular weight is 294 g/mol. The van der Waals surface area contributed by atoms with Gasteiger partial charge >= 0.3 is 0 Å². The first-order valence-corrected chi connectivity index (χ1v) is 7.88. The molecule has 0 aromatic heterocycles. The number of hydrogen-bond acceptors (Lipinski definition) is 4. The molecule has 0 aliphatic heterocycles. The molecule has 0 aromatic carbocycles. The third-order valence-corrected chi connectivity index (χ3v) is 3.73. The Hall–Kier alpha value is -0.920. The number of hydrogen-bond donors (Lipinski definition) is 2. The van der Waals surface area contributed by atoms with Crippen LogP contribution >= 0.6 is 0 Å². The summed E-state index contributed by atoms with van der Waals surface area (Å²) in [6.07, 6.45) is 1.05. The smallest absolute Gasteiger partial charge is 0.286 e. The van der Waals surface area contributed by atoms with Crippen molar-refractivity contribution in [3.63, 3.8) is 0 Å². The van der Waals surface area contributed by atoms with Gasteiger partial charge in [-0.2, -0.15) is 8.42 Å². The molecule has 0 bridgehead atoms. The quantitative estimate of drug-likeness (QED) is 0.545. The molecule has 1 unspecified atom stereocenters. The highest BCUT2D eigenvalue weighted by Gasteiger charge is 2.21. The van der Waals surface area contributed by atoms with Crippen LogP contribution < -0.4 is 5.32 Å². The van der Waals surface area contributed by atoms with E-state index in [1.807, 2.05) is 0 Å². The molecule has 114 valence electrons. The maximum absolute atomic E-state index is 10.6. The minimum absolute atomic E-state index is 0.110. The minimum atomic E-state index is -4.20. The van der Waals surface area contributed by atoms with Crippen molar-refractivity contribution >= 4 is 16.0 Å². The van der Waals surface area contributed by atoms with Gasteiger partial charge in [-0.1, -0.05) is 34.3 Å². The van der Waals surface area contributed by atoms with Crippen molar-refractivity contribution in [1.29, 1.82) is 0 Å². The van der Waals surface area contributed by atoms with Crippen LogP contribution in [0.1, 0.15) is 34.1 Å². The third kappa shape index (κ3) is 10.7. The van der Waals surface area contributed by atoms with Gasteiger partial charge in [0.2, 0.25) is 5.91 Å². The van der Waals surface area contributed by atoms with Gasteiger partial charge in [0.25, 0.3) is 10.1 Å². The summed E-state index contributed by atoms with van der Waals surface area (Å²) in [5, 5.41) is 0.814. The fourth-order valence-electron chi connectivity index (χ4n) is 1.28. The Morgan fingerprint density at radius 2 is 1.68 bits per heavy atom. The number of carbonyl (C=O) groups is 1. The molecular formula is C12H26N2O4S. The van der Waals surface area contributed by atoms with E-state index in [4.69, 9.17) is 4.55 Å². The van der Waals surface area contributed by atoms with Gasteiger partial charge in [-0.15, -0.1) is 0 Å². The Balaban J connectivity index is 0. The van der Waals surface area contributed by atoms with Crippen LogP contribution in [0.25, 0.3) is 0 Å². The summed E-state index contributed by atoms with van der Waals surface area (Å²) >= 11 is 0. The second kappa shape index (κ2) is 11.0. The predicted octanol–water partition coefficient (Wildman–Crippen LogP) is 1.26. The molecule has 6 nitrogen and oxygen atoms in total. The maximum Gasteiger partial charge on any atom is 0.286 e. The van der Waals surface area contributed by atoms with Gasteiger partial charge in [-0.05, 0) is 32.1 Å². The zero-order valence-electron chi connectivity index (χ0n) is 12.2. The Kier molecular flexibility index (Phi) is 11.8. The van der Waals surface area contributed by atoms with E-state index in [1.165, 1.54) is 26.6 Å². The molecule has 7 heteroatoms. The van der Waals surface area contributed by atoms with E-state index in [-0.39, 0.29) is 6.42 Å². The van der Waals surface area contributed by atoms with E-state index in [9.17, 15) is 13.2 Å². The molecule has 1 atom stereocenters. The number of rotatable bonds is 7. The molecule has 0 aliphatic rings. The van der Waals surface area contributed by atoms with Crippen LogP contribution in [0, 0.1) is 0 Å². The fourth-order valence-corrected chi connectivity index (χ4v) is 1.96. The Bertz CT molecular complexity index is 345. The number of nitrogens with zero attached hydrogens (tertiary/aromatic N) is 1. The largest absolute Gasteiger partial charge is 0.334 e. The Morgan fingerprint density at radius 1 is 1.26 bits per heavy atom. The molecule has 0 heterocycles. The summed E-state index contributed by atoms with van der Waals surface area (Å²) in [5.41, 5.74) is 0.